The average molecular weight is 213 g/mol. The molecule has 3 heteroatoms. The maximum Gasteiger partial charge on any atom is 0.189 e. The maximum atomic E-state index is 5.74. The summed E-state index contributed by atoms with van der Waals surface area (Å²) < 4.78 is 10.7. The highest BCUT2D eigenvalue weighted by Crippen LogP contribution is 2.28. The standard InChI is InChI=1S/C11H13ClO2/c12-10-3-5-11(6-4-10)14-8-13-7-9-1-2-9/h3-6,9H,1-2,7-8H2. The van der Waals surface area contributed by atoms with E-state index in [-0.39, 0.29) is 0 Å². The van der Waals surface area contributed by atoms with Crippen molar-refractivity contribution >= 4 is 11.6 Å². The van der Waals surface area contributed by atoms with Crippen LogP contribution in [0.4, 0.5) is 0 Å². The molecule has 1 aliphatic rings. The van der Waals surface area contributed by atoms with Crippen molar-refractivity contribution in [1.82, 2.24) is 0 Å². The molecule has 0 bridgehead atoms. The van der Waals surface area contributed by atoms with E-state index in [9.17, 15) is 0 Å². The van der Waals surface area contributed by atoms with E-state index < -0.39 is 0 Å². The van der Waals surface area contributed by atoms with Gasteiger partial charge < -0.3 is 9.47 Å². The summed E-state index contributed by atoms with van der Waals surface area (Å²) in [6.45, 7) is 1.16. The molecular weight excluding hydrogens is 200 g/mol. The van der Waals surface area contributed by atoms with Crippen molar-refractivity contribution in [1.29, 1.82) is 0 Å². The van der Waals surface area contributed by atoms with Crippen LogP contribution >= 0.6 is 11.6 Å². The van der Waals surface area contributed by atoms with Gasteiger partial charge >= 0.3 is 0 Å². The Labute approximate surface area is 88.8 Å². The van der Waals surface area contributed by atoms with Gasteiger partial charge in [0.1, 0.15) is 5.75 Å². The van der Waals surface area contributed by atoms with Crippen LogP contribution in [0.5, 0.6) is 5.75 Å². The molecule has 76 valence electrons. The molecule has 1 saturated carbocycles. The van der Waals surface area contributed by atoms with Crippen molar-refractivity contribution < 1.29 is 9.47 Å². The molecule has 0 aliphatic heterocycles. The molecule has 2 nitrogen and oxygen atoms in total. The van der Waals surface area contributed by atoms with Gasteiger partial charge in [0.15, 0.2) is 6.79 Å². The van der Waals surface area contributed by atoms with Crippen molar-refractivity contribution in [3.63, 3.8) is 0 Å². The maximum absolute atomic E-state index is 5.74. The Morgan fingerprint density at radius 2 is 1.93 bits per heavy atom. The molecule has 1 aromatic rings. The summed E-state index contributed by atoms with van der Waals surface area (Å²) >= 11 is 5.74. The highest BCUT2D eigenvalue weighted by Gasteiger charge is 2.20. The molecular formula is C11H13ClO2. The minimum atomic E-state index is 0.331. The SMILES string of the molecule is Clc1ccc(OCOCC2CC2)cc1. The number of halogens is 1. The van der Waals surface area contributed by atoms with Gasteiger partial charge in [-0.25, -0.2) is 0 Å². The van der Waals surface area contributed by atoms with Gasteiger partial charge in [0.25, 0.3) is 0 Å². The van der Waals surface area contributed by atoms with E-state index in [1.165, 1.54) is 12.8 Å². The van der Waals surface area contributed by atoms with E-state index in [0.29, 0.717) is 6.79 Å². The summed E-state index contributed by atoms with van der Waals surface area (Å²) in [6, 6.07) is 7.28. The minimum Gasteiger partial charge on any atom is -0.468 e. The van der Waals surface area contributed by atoms with Crippen molar-refractivity contribution in [2.45, 2.75) is 12.8 Å². The molecule has 0 N–H and O–H groups in total. The Kier molecular flexibility index (Phi) is 3.27. The van der Waals surface area contributed by atoms with Gasteiger partial charge in [-0.3, -0.25) is 0 Å². The van der Waals surface area contributed by atoms with Gasteiger partial charge in [-0.15, -0.1) is 0 Å². The summed E-state index contributed by atoms with van der Waals surface area (Å²) in [5.41, 5.74) is 0. The third kappa shape index (κ3) is 3.20. The lowest BCUT2D eigenvalue weighted by Crippen LogP contribution is -2.04. The molecule has 0 heterocycles. The second kappa shape index (κ2) is 4.67. The Bertz CT molecular complexity index is 280. The first kappa shape index (κ1) is 9.81. The molecule has 0 aromatic heterocycles. The predicted molar refractivity (Wildman–Crippen MR) is 55.6 cm³/mol. The van der Waals surface area contributed by atoms with Gasteiger partial charge in [0, 0.05) is 5.02 Å². The highest BCUT2D eigenvalue weighted by molar-refractivity contribution is 6.30. The van der Waals surface area contributed by atoms with Crippen LogP contribution in [0.15, 0.2) is 24.3 Å². The van der Waals surface area contributed by atoms with E-state index >= 15 is 0 Å². The van der Waals surface area contributed by atoms with Crippen molar-refractivity contribution in [2.24, 2.45) is 5.92 Å². The lowest BCUT2D eigenvalue weighted by molar-refractivity contribution is 0.00998. The summed E-state index contributed by atoms with van der Waals surface area (Å²) in [5.74, 6) is 1.58. The van der Waals surface area contributed by atoms with E-state index in [1.807, 2.05) is 12.1 Å². The molecule has 0 unspecified atom stereocenters. The van der Waals surface area contributed by atoms with Gasteiger partial charge in [-0.1, -0.05) is 11.6 Å². The van der Waals surface area contributed by atoms with Crippen LogP contribution in [0.25, 0.3) is 0 Å². The van der Waals surface area contributed by atoms with Crippen LogP contribution < -0.4 is 4.74 Å². The van der Waals surface area contributed by atoms with Gasteiger partial charge in [-0.05, 0) is 43.0 Å². The number of ether oxygens (including phenoxy) is 2. The largest absolute Gasteiger partial charge is 0.468 e. The molecule has 0 spiro atoms. The van der Waals surface area contributed by atoms with Crippen molar-refractivity contribution in [2.75, 3.05) is 13.4 Å². The van der Waals surface area contributed by atoms with Crippen molar-refractivity contribution in [3.05, 3.63) is 29.3 Å². The molecule has 0 radical (unpaired) electrons. The molecule has 1 fully saturated rings. The first-order valence-corrected chi connectivity index (χ1v) is 5.18. The highest BCUT2D eigenvalue weighted by atomic mass is 35.5. The summed E-state index contributed by atoms with van der Waals surface area (Å²) in [6.07, 6.45) is 2.61. The van der Waals surface area contributed by atoms with Crippen molar-refractivity contribution in [3.8, 4) is 5.75 Å². The first-order chi connectivity index (χ1) is 6.84. The molecule has 1 aromatic carbocycles. The van der Waals surface area contributed by atoms with Crippen LogP contribution in [0.2, 0.25) is 5.02 Å². The van der Waals surface area contributed by atoms with Crippen LogP contribution in [0.1, 0.15) is 12.8 Å². The Morgan fingerprint density at radius 1 is 1.21 bits per heavy atom. The Morgan fingerprint density at radius 3 is 2.57 bits per heavy atom. The molecule has 1 aliphatic carbocycles. The molecule has 0 amide bonds. The zero-order chi connectivity index (χ0) is 9.80. The van der Waals surface area contributed by atoms with Gasteiger partial charge in [-0.2, -0.15) is 0 Å². The lowest BCUT2D eigenvalue weighted by Gasteiger charge is -2.06. The minimum absolute atomic E-state index is 0.331. The van der Waals surface area contributed by atoms with E-state index in [2.05, 4.69) is 0 Å². The molecule has 0 atom stereocenters. The summed E-state index contributed by atoms with van der Waals surface area (Å²) in [7, 11) is 0. The van der Waals surface area contributed by atoms with Crippen LogP contribution in [0, 0.1) is 5.92 Å². The van der Waals surface area contributed by atoms with E-state index in [0.717, 1.165) is 23.3 Å². The fourth-order valence-corrected chi connectivity index (χ4v) is 1.27. The summed E-state index contributed by atoms with van der Waals surface area (Å²) in [4.78, 5) is 0. The second-order valence-electron chi connectivity index (χ2n) is 3.53. The Hall–Kier alpha value is -0.730. The van der Waals surface area contributed by atoms with Gasteiger partial charge in [0.05, 0.1) is 6.61 Å². The second-order valence-corrected chi connectivity index (χ2v) is 3.97. The number of hydrogen-bond acceptors (Lipinski definition) is 2. The molecule has 0 saturated heterocycles. The van der Waals surface area contributed by atoms with E-state index in [1.54, 1.807) is 12.1 Å². The third-order valence-electron chi connectivity index (χ3n) is 2.17. The van der Waals surface area contributed by atoms with Gasteiger partial charge in [0.2, 0.25) is 0 Å². The number of rotatable bonds is 5. The van der Waals surface area contributed by atoms with Crippen LogP contribution in [-0.4, -0.2) is 13.4 Å². The normalized spacial score (nSPS) is 15.5. The molecule has 14 heavy (non-hydrogen) atoms. The zero-order valence-electron chi connectivity index (χ0n) is 7.91. The third-order valence-corrected chi connectivity index (χ3v) is 2.43. The van der Waals surface area contributed by atoms with E-state index in [4.69, 9.17) is 21.1 Å². The number of benzene rings is 1. The quantitative estimate of drug-likeness (QED) is 0.552. The fraction of sp³-hybridized carbons (Fsp3) is 0.455. The smallest absolute Gasteiger partial charge is 0.189 e. The monoisotopic (exact) mass is 212 g/mol. The Balaban J connectivity index is 1.66. The molecule has 2 rings (SSSR count). The van der Waals surface area contributed by atoms with Crippen LogP contribution in [-0.2, 0) is 4.74 Å². The lowest BCUT2D eigenvalue weighted by atomic mass is 10.3. The number of hydrogen-bond donors (Lipinski definition) is 0. The predicted octanol–water partition coefficient (Wildman–Crippen LogP) is 3.10. The van der Waals surface area contributed by atoms with Crippen LogP contribution in [0.3, 0.4) is 0 Å². The fourth-order valence-electron chi connectivity index (χ4n) is 1.14. The zero-order valence-corrected chi connectivity index (χ0v) is 8.67. The first-order valence-electron chi connectivity index (χ1n) is 4.81. The summed E-state index contributed by atoms with van der Waals surface area (Å²) in [5, 5.41) is 0.719. The topological polar surface area (TPSA) is 18.5 Å². The average Bonchev–Trinajstić information content (AvgIpc) is 2.99.